The first-order valence-electron chi connectivity index (χ1n) is 10.0. The number of nitrogen functional groups attached to an aromatic ring is 1. The molecule has 0 bridgehead atoms. The van der Waals surface area contributed by atoms with Gasteiger partial charge in [-0.25, -0.2) is 13.4 Å². The van der Waals surface area contributed by atoms with E-state index >= 15 is 0 Å². The minimum Gasteiger partial charge on any atom is -0.399 e. The third-order valence-corrected chi connectivity index (χ3v) is 8.18. The fourth-order valence-electron chi connectivity index (χ4n) is 3.39. The van der Waals surface area contributed by atoms with Crippen molar-refractivity contribution in [2.75, 3.05) is 18.0 Å². The number of piperidine rings is 1. The van der Waals surface area contributed by atoms with Crippen LogP contribution in [-0.2, 0) is 21.5 Å². The second-order valence-electron chi connectivity index (χ2n) is 7.43. The second kappa shape index (κ2) is 10.6. The van der Waals surface area contributed by atoms with Crippen molar-refractivity contribution < 1.29 is 8.42 Å². The van der Waals surface area contributed by atoms with Crippen molar-refractivity contribution in [1.29, 1.82) is 5.41 Å². The number of aryl methyl sites for hydroxylation is 1. The Kier molecular flexibility index (Phi) is 8.15. The molecule has 0 radical (unpaired) electrons. The van der Waals surface area contributed by atoms with Crippen molar-refractivity contribution >= 4 is 44.6 Å². The highest BCUT2D eigenvalue weighted by molar-refractivity contribution is 7.98. The van der Waals surface area contributed by atoms with Gasteiger partial charge in [0.1, 0.15) is 5.84 Å². The molecule has 0 amide bonds. The summed E-state index contributed by atoms with van der Waals surface area (Å²) >= 11 is 3.45. The van der Waals surface area contributed by atoms with E-state index in [1.807, 2.05) is 6.92 Å². The summed E-state index contributed by atoms with van der Waals surface area (Å²) in [5, 5.41) is 12.7. The van der Waals surface area contributed by atoms with Crippen molar-refractivity contribution in [1.82, 2.24) is 15.0 Å². The van der Waals surface area contributed by atoms with Crippen LogP contribution in [0.3, 0.4) is 0 Å². The Bertz CT molecular complexity index is 951. The highest BCUT2D eigenvalue weighted by Crippen LogP contribution is 2.32. The number of hydrogen-bond acceptors (Lipinski definition) is 8. The number of aromatic nitrogens is 1. The number of hydrogen-bond donors (Lipinski definition) is 4. The molecule has 1 atom stereocenters. The Morgan fingerprint density at radius 3 is 2.83 bits per heavy atom. The Morgan fingerprint density at radius 2 is 2.13 bits per heavy atom. The van der Waals surface area contributed by atoms with Crippen molar-refractivity contribution in [2.45, 2.75) is 50.2 Å². The molecule has 1 saturated heterocycles. The van der Waals surface area contributed by atoms with Crippen molar-refractivity contribution in [3.8, 4) is 0 Å². The molecule has 1 aliphatic rings. The van der Waals surface area contributed by atoms with Gasteiger partial charge in [-0.3, -0.25) is 10.1 Å². The van der Waals surface area contributed by atoms with Gasteiger partial charge < -0.3 is 11.1 Å². The molecule has 2 heterocycles. The molecule has 1 fully saturated rings. The van der Waals surface area contributed by atoms with E-state index in [4.69, 9.17) is 16.1 Å². The number of nitrogens with zero attached hydrogens (tertiary/aromatic N) is 1. The molecule has 164 valence electrons. The average Bonchev–Trinajstić information content (AvgIpc) is 3.08. The van der Waals surface area contributed by atoms with Gasteiger partial charge in [0.2, 0.25) is 10.0 Å². The SMILES string of the molecule is Cc1nc(CSCCC(=N)NS(=O)(=O)Cc2ccc(N)cc2)c(C2CCCCN2)s1. The van der Waals surface area contributed by atoms with Crippen LogP contribution in [0.1, 0.15) is 52.9 Å². The maximum absolute atomic E-state index is 12.3. The molecule has 0 saturated carbocycles. The number of nitrogens with two attached hydrogens (primary N) is 1. The summed E-state index contributed by atoms with van der Waals surface area (Å²) in [4.78, 5) is 6.03. The van der Waals surface area contributed by atoms with Crippen LogP contribution < -0.4 is 15.8 Å². The number of amidine groups is 1. The number of thiazole rings is 1. The Labute approximate surface area is 186 Å². The fourth-order valence-corrected chi connectivity index (χ4v) is 6.62. The number of nitrogens with one attached hydrogen (secondary N) is 3. The van der Waals surface area contributed by atoms with E-state index in [9.17, 15) is 8.42 Å². The third-order valence-electron chi connectivity index (χ3n) is 4.81. The first-order valence-corrected chi connectivity index (χ1v) is 13.6. The van der Waals surface area contributed by atoms with Gasteiger partial charge in [-0.15, -0.1) is 11.3 Å². The van der Waals surface area contributed by atoms with Crippen LogP contribution in [0.2, 0.25) is 0 Å². The molecule has 0 spiro atoms. The monoisotopic (exact) mass is 467 g/mol. The summed E-state index contributed by atoms with van der Waals surface area (Å²) in [6.07, 6.45) is 4.00. The first kappa shape index (κ1) is 23.1. The minimum atomic E-state index is -3.60. The lowest BCUT2D eigenvalue weighted by atomic mass is 10.0. The summed E-state index contributed by atoms with van der Waals surface area (Å²) in [7, 11) is -3.60. The zero-order chi connectivity index (χ0) is 21.6. The van der Waals surface area contributed by atoms with E-state index in [0.29, 0.717) is 29.5 Å². The fraction of sp³-hybridized carbons (Fsp3) is 0.500. The van der Waals surface area contributed by atoms with Crippen LogP contribution in [0.15, 0.2) is 24.3 Å². The van der Waals surface area contributed by atoms with Crippen LogP contribution in [-0.4, -0.2) is 31.5 Å². The molecule has 1 unspecified atom stereocenters. The lowest BCUT2D eigenvalue weighted by Gasteiger charge is -2.23. The quantitative estimate of drug-likeness (QED) is 0.194. The number of thioether (sulfide) groups is 1. The zero-order valence-corrected chi connectivity index (χ0v) is 19.6. The smallest absolute Gasteiger partial charge is 0.237 e. The molecule has 3 rings (SSSR count). The number of benzene rings is 1. The van der Waals surface area contributed by atoms with Gasteiger partial charge in [-0.2, -0.15) is 11.8 Å². The summed E-state index contributed by atoms with van der Waals surface area (Å²) in [5.74, 6) is 1.29. The molecule has 0 aliphatic carbocycles. The number of anilines is 1. The van der Waals surface area contributed by atoms with E-state index in [1.165, 1.54) is 17.7 Å². The van der Waals surface area contributed by atoms with Crippen LogP contribution in [0.5, 0.6) is 0 Å². The van der Waals surface area contributed by atoms with Gasteiger partial charge >= 0.3 is 0 Å². The molecule has 1 aliphatic heterocycles. The molecule has 10 heteroatoms. The molecule has 1 aromatic heterocycles. The lowest BCUT2D eigenvalue weighted by Crippen LogP contribution is -2.31. The molecule has 30 heavy (non-hydrogen) atoms. The van der Waals surface area contributed by atoms with Gasteiger partial charge in [-0.1, -0.05) is 18.6 Å². The summed E-state index contributed by atoms with van der Waals surface area (Å²) in [6.45, 7) is 3.10. The van der Waals surface area contributed by atoms with Gasteiger partial charge in [0.25, 0.3) is 0 Å². The summed E-state index contributed by atoms with van der Waals surface area (Å²) in [5.41, 5.74) is 7.98. The Balaban J connectivity index is 1.44. The molecule has 5 N–H and O–H groups in total. The zero-order valence-electron chi connectivity index (χ0n) is 17.1. The number of rotatable bonds is 9. The molecule has 2 aromatic rings. The highest BCUT2D eigenvalue weighted by atomic mass is 32.2. The van der Waals surface area contributed by atoms with Crippen LogP contribution in [0.25, 0.3) is 0 Å². The van der Waals surface area contributed by atoms with E-state index in [0.717, 1.165) is 29.4 Å². The minimum absolute atomic E-state index is 0.0153. The predicted octanol–water partition coefficient (Wildman–Crippen LogP) is 3.57. The van der Waals surface area contributed by atoms with Gasteiger partial charge in [-0.05, 0) is 44.0 Å². The van der Waals surface area contributed by atoms with E-state index in [1.54, 1.807) is 47.4 Å². The van der Waals surface area contributed by atoms with Crippen molar-refractivity contribution in [3.05, 3.63) is 45.4 Å². The van der Waals surface area contributed by atoms with E-state index < -0.39 is 10.0 Å². The van der Waals surface area contributed by atoms with Crippen LogP contribution in [0.4, 0.5) is 5.69 Å². The highest BCUT2D eigenvalue weighted by Gasteiger charge is 2.21. The standard InChI is InChI=1S/C20H29N5O2S3/c1-14-24-18(20(29-14)17-4-2-3-10-23-17)12-28-11-9-19(22)25-30(26,27)13-15-5-7-16(21)8-6-15/h5-8,17,23H,2-4,9-13,21H2,1H3,(H2,22,25). The lowest BCUT2D eigenvalue weighted by molar-refractivity contribution is 0.415. The Hall–Kier alpha value is -1.62. The first-order chi connectivity index (χ1) is 14.3. The third kappa shape index (κ3) is 6.97. The molecular weight excluding hydrogens is 438 g/mol. The topological polar surface area (TPSA) is 121 Å². The maximum atomic E-state index is 12.3. The molecular formula is C20H29N5O2S3. The second-order valence-corrected chi connectivity index (χ2v) is 11.5. The Morgan fingerprint density at radius 1 is 1.37 bits per heavy atom. The van der Waals surface area contributed by atoms with E-state index in [-0.39, 0.29) is 11.6 Å². The van der Waals surface area contributed by atoms with E-state index in [2.05, 4.69) is 10.0 Å². The summed E-state index contributed by atoms with van der Waals surface area (Å²) in [6, 6.07) is 7.11. The largest absolute Gasteiger partial charge is 0.399 e. The van der Waals surface area contributed by atoms with Crippen molar-refractivity contribution in [3.63, 3.8) is 0 Å². The van der Waals surface area contributed by atoms with Gasteiger partial charge in [0.15, 0.2) is 0 Å². The normalized spacial score (nSPS) is 17.0. The maximum Gasteiger partial charge on any atom is 0.237 e. The molecule has 7 nitrogen and oxygen atoms in total. The average molecular weight is 468 g/mol. The van der Waals surface area contributed by atoms with Gasteiger partial charge in [0, 0.05) is 34.5 Å². The van der Waals surface area contributed by atoms with Crippen LogP contribution >= 0.6 is 23.1 Å². The van der Waals surface area contributed by atoms with Crippen LogP contribution in [0, 0.1) is 12.3 Å². The van der Waals surface area contributed by atoms with Gasteiger partial charge in [0.05, 0.1) is 16.5 Å². The van der Waals surface area contributed by atoms with Crippen molar-refractivity contribution in [2.24, 2.45) is 0 Å². The molecule has 1 aromatic carbocycles. The number of sulfonamides is 1. The summed E-state index contributed by atoms with van der Waals surface area (Å²) < 4.78 is 26.9. The predicted molar refractivity (Wildman–Crippen MR) is 127 cm³/mol.